The summed E-state index contributed by atoms with van der Waals surface area (Å²) in [5, 5.41) is 4.16. The first-order chi connectivity index (χ1) is 9.60. The number of guanidine groups is 1. The summed E-state index contributed by atoms with van der Waals surface area (Å²) in [5.74, 6) is 0.246. The standard InChI is InChI=1S/C15H21FN4.HI/c1-3-10(2)20-15(17)18-7-6-11-9-19-14-8-12(16)4-5-13(11)14;/h4-5,8-10,19H,3,6-7H2,1-2H3,(H3,17,18,20);1H. The molecule has 2 aromatic rings. The van der Waals surface area contributed by atoms with E-state index in [0.29, 0.717) is 18.5 Å². The number of hydrogen-bond donors (Lipinski definition) is 3. The van der Waals surface area contributed by atoms with Crippen LogP contribution in [0.25, 0.3) is 10.9 Å². The van der Waals surface area contributed by atoms with Gasteiger partial charge < -0.3 is 16.0 Å². The zero-order valence-electron chi connectivity index (χ0n) is 12.3. The predicted molar refractivity (Wildman–Crippen MR) is 96.8 cm³/mol. The molecular weight excluding hydrogens is 382 g/mol. The number of benzene rings is 1. The monoisotopic (exact) mass is 404 g/mol. The van der Waals surface area contributed by atoms with Crippen molar-refractivity contribution in [3.05, 3.63) is 35.8 Å². The van der Waals surface area contributed by atoms with Crippen molar-refractivity contribution in [1.82, 2.24) is 10.3 Å². The zero-order valence-corrected chi connectivity index (χ0v) is 14.6. The second kappa shape index (κ2) is 8.21. The van der Waals surface area contributed by atoms with Crippen LogP contribution in [0, 0.1) is 5.82 Å². The van der Waals surface area contributed by atoms with E-state index in [4.69, 9.17) is 5.73 Å². The number of fused-ring (bicyclic) bond motifs is 1. The average Bonchev–Trinajstić information content (AvgIpc) is 2.81. The van der Waals surface area contributed by atoms with E-state index in [1.54, 1.807) is 6.07 Å². The van der Waals surface area contributed by atoms with Gasteiger partial charge in [-0.05, 0) is 43.5 Å². The Labute approximate surface area is 141 Å². The van der Waals surface area contributed by atoms with E-state index in [1.165, 1.54) is 12.1 Å². The minimum absolute atomic E-state index is 0. The number of rotatable bonds is 5. The van der Waals surface area contributed by atoms with Crippen molar-refractivity contribution in [2.24, 2.45) is 10.7 Å². The van der Waals surface area contributed by atoms with E-state index in [0.717, 1.165) is 29.3 Å². The molecule has 4 N–H and O–H groups in total. The molecule has 0 aliphatic heterocycles. The lowest BCUT2D eigenvalue weighted by Crippen LogP contribution is -2.38. The average molecular weight is 404 g/mol. The third-order valence-electron chi connectivity index (χ3n) is 3.40. The van der Waals surface area contributed by atoms with E-state index >= 15 is 0 Å². The van der Waals surface area contributed by atoms with E-state index in [-0.39, 0.29) is 29.8 Å². The second-order valence-electron chi connectivity index (χ2n) is 4.97. The SMILES string of the molecule is CCC(C)NC(N)=NCCc1c[nH]c2cc(F)ccc12.I. The fourth-order valence-corrected chi connectivity index (χ4v) is 2.06. The molecule has 21 heavy (non-hydrogen) atoms. The third kappa shape index (κ3) is 4.87. The van der Waals surface area contributed by atoms with Crippen LogP contribution in [0.15, 0.2) is 29.4 Å². The predicted octanol–water partition coefficient (Wildman–Crippen LogP) is 3.17. The summed E-state index contributed by atoms with van der Waals surface area (Å²) in [6.07, 6.45) is 3.68. The number of halogens is 2. The van der Waals surface area contributed by atoms with E-state index in [1.807, 2.05) is 6.20 Å². The van der Waals surface area contributed by atoms with Gasteiger partial charge in [-0.2, -0.15) is 0 Å². The van der Waals surface area contributed by atoms with Gasteiger partial charge in [0.25, 0.3) is 0 Å². The maximum Gasteiger partial charge on any atom is 0.188 e. The van der Waals surface area contributed by atoms with Crippen molar-refractivity contribution >= 4 is 40.8 Å². The molecular formula is C15H22FIN4. The van der Waals surface area contributed by atoms with Gasteiger partial charge >= 0.3 is 0 Å². The fraction of sp³-hybridized carbons (Fsp3) is 0.400. The van der Waals surface area contributed by atoms with Gasteiger partial charge in [-0.25, -0.2) is 4.39 Å². The highest BCUT2D eigenvalue weighted by atomic mass is 127. The number of aromatic nitrogens is 1. The number of aliphatic imine (C=N–C) groups is 1. The minimum atomic E-state index is -0.231. The molecule has 0 spiro atoms. The van der Waals surface area contributed by atoms with Crippen LogP contribution < -0.4 is 11.1 Å². The summed E-state index contributed by atoms with van der Waals surface area (Å²) in [7, 11) is 0. The minimum Gasteiger partial charge on any atom is -0.370 e. The van der Waals surface area contributed by atoms with Gasteiger partial charge in [-0.3, -0.25) is 4.99 Å². The molecule has 2 rings (SSSR count). The lowest BCUT2D eigenvalue weighted by molar-refractivity contribution is 0.629. The van der Waals surface area contributed by atoms with Gasteiger partial charge in [0.05, 0.1) is 0 Å². The summed E-state index contributed by atoms with van der Waals surface area (Å²) in [6.45, 7) is 4.77. The molecule has 0 saturated heterocycles. The highest BCUT2D eigenvalue weighted by Gasteiger charge is 2.04. The Bertz CT molecular complexity index is 609. The molecule has 1 unspecified atom stereocenters. The van der Waals surface area contributed by atoms with Gasteiger partial charge in [0.1, 0.15) is 5.82 Å². The van der Waals surface area contributed by atoms with Crippen molar-refractivity contribution < 1.29 is 4.39 Å². The maximum absolute atomic E-state index is 13.1. The van der Waals surface area contributed by atoms with Crippen LogP contribution in [0.1, 0.15) is 25.8 Å². The van der Waals surface area contributed by atoms with Crippen molar-refractivity contribution in [2.45, 2.75) is 32.7 Å². The Balaban J connectivity index is 0.00000220. The molecule has 0 aliphatic carbocycles. The molecule has 0 bridgehead atoms. The molecule has 1 heterocycles. The van der Waals surface area contributed by atoms with E-state index in [2.05, 4.69) is 29.1 Å². The van der Waals surface area contributed by atoms with E-state index < -0.39 is 0 Å². The van der Waals surface area contributed by atoms with Gasteiger partial charge in [0.15, 0.2) is 5.96 Å². The normalized spacial score (nSPS) is 13.0. The molecule has 0 saturated carbocycles. The maximum atomic E-state index is 13.1. The summed E-state index contributed by atoms with van der Waals surface area (Å²) in [6, 6.07) is 5.10. The summed E-state index contributed by atoms with van der Waals surface area (Å²) in [5.41, 5.74) is 7.74. The Morgan fingerprint density at radius 1 is 1.48 bits per heavy atom. The van der Waals surface area contributed by atoms with Crippen LogP contribution in [0.2, 0.25) is 0 Å². The topological polar surface area (TPSA) is 66.2 Å². The first-order valence-electron chi connectivity index (χ1n) is 6.92. The second-order valence-corrected chi connectivity index (χ2v) is 4.97. The summed E-state index contributed by atoms with van der Waals surface area (Å²) in [4.78, 5) is 7.38. The highest BCUT2D eigenvalue weighted by molar-refractivity contribution is 14.0. The summed E-state index contributed by atoms with van der Waals surface area (Å²) >= 11 is 0. The molecule has 1 aromatic heterocycles. The van der Waals surface area contributed by atoms with E-state index in [9.17, 15) is 4.39 Å². The van der Waals surface area contributed by atoms with Crippen molar-refractivity contribution in [3.8, 4) is 0 Å². The number of H-pyrrole nitrogens is 1. The zero-order chi connectivity index (χ0) is 14.5. The van der Waals surface area contributed by atoms with Gasteiger partial charge in [-0.1, -0.05) is 6.92 Å². The molecule has 0 amide bonds. The third-order valence-corrected chi connectivity index (χ3v) is 3.40. The Morgan fingerprint density at radius 2 is 2.24 bits per heavy atom. The van der Waals surface area contributed by atoms with Gasteiger partial charge in [0, 0.05) is 29.7 Å². The Kier molecular flexibility index (Phi) is 6.94. The molecule has 116 valence electrons. The van der Waals surface area contributed by atoms with Crippen molar-refractivity contribution in [2.75, 3.05) is 6.54 Å². The molecule has 0 aliphatic rings. The van der Waals surface area contributed by atoms with Crippen LogP contribution >= 0.6 is 24.0 Å². The van der Waals surface area contributed by atoms with Crippen LogP contribution in [-0.4, -0.2) is 23.5 Å². The van der Waals surface area contributed by atoms with Crippen LogP contribution in [-0.2, 0) is 6.42 Å². The molecule has 0 radical (unpaired) electrons. The first-order valence-corrected chi connectivity index (χ1v) is 6.92. The van der Waals surface area contributed by atoms with Gasteiger partial charge in [0.2, 0.25) is 0 Å². The molecule has 1 aromatic carbocycles. The summed E-state index contributed by atoms with van der Waals surface area (Å²) < 4.78 is 13.1. The van der Waals surface area contributed by atoms with Crippen LogP contribution in [0.4, 0.5) is 4.39 Å². The number of nitrogens with two attached hydrogens (primary N) is 1. The van der Waals surface area contributed by atoms with Crippen LogP contribution in [0.3, 0.4) is 0 Å². The largest absolute Gasteiger partial charge is 0.370 e. The van der Waals surface area contributed by atoms with Crippen molar-refractivity contribution in [3.63, 3.8) is 0 Å². The van der Waals surface area contributed by atoms with Crippen LogP contribution in [0.5, 0.6) is 0 Å². The number of nitrogens with zero attached hydrogens (tertiary/aromatic N) is 1. The first kappa shape index (κ1) is 17.7. The number of hydrogen-bond acceptors (Lipinski definition) is 1. The Morgan fingerprint density at radius 3 is 2.95 bits per heavy atom. The molecule has 4 nitrogen and oxygen atoms in total. The lowest BCUT2D eigenvalue weighted by Gasteiger charge is -2.11. The fourth-order valence-electron chi connectivity index (χ4n) is 2.06. The molecule has 1 atom stereocenters. The molecule has 0 fully saturated rings. The van der Waals surface area contributed by atoms with Gasteiger partial charge in [-0.15, -0.1) is 24.0 Å². The lowest BCUT2D eigenvalue weighted by atomic mass is 10.1. The highest BCUT2D eigenvalue weighted by Crippen LogP contribution is 2.19. The van der Waals surface area contributed by atoms with Crippen molar-refractivity contribution in [1.29, 1.82) is 0 Å². The smallest absolute Gasteiger partial charge is 0.188 e. The number of aromatic amines is 1. The quantitative estimate of drug-likeness (QED) is 0.407. The Hall–Kier alpha value is -1.31. The molecule has 6 heteroatoms. The number of nitrogens with one attached hydrogen (secondary N) is 2.